The van der Waals surface area contributed by atoms with Gasteiger partial charge in [0.2, 0.25) is 0 Å². The Morgan fingerprint density at radius 3 is 2.45 bits per heavy atom. The minimum atomic E-state index is 0.406. The van der Waals surface area contributed by atoms with Crippen LogP contribution in [-0.4, -0.2) is 25.8 Å². The van der Waals surface area contributed by atoms with Gasteiger partial charge in [0, 0.05) is 19.7 Å². The molecular formula is C18H35NO. The molecule has 118 valence electrons. The highest BCUT2D eigenvalue weighted by atomic mass is 16.5. The van der Waals surface area contributed by atoms with E-state index in [-0.39, 0.29) is 0 Å². The molecule has 0 aliphatic heterocycles. The first-order valence-electron chi connectivity index (χ1n) is 8.93. The summed E-state index contributed by atoms with van der Waals surface area (Å²) in [5.74, 6) is 1.00. The molecule has 0 aromatic heterocycles. The van der Waals surface area contributed by atoms with Crippen molar-refractivity contribution in [3.05, 3.63) is 0 Å². The van der Waals surface area contributed by atoms with Gasteiger partial charge in [0.25, 0.3) is 0 Å². The van der Waals surface area contributed by atoms with Crippen LogP contribution in [0.5, 0.6) is 0 Å². The molecule has 0 saturated heterocycles. The van der Waals surface area contributed by atoms with E-state index in [0.29, 0.717) is 11.5 Å². The van der Waals surface area contributed by atoms with E-state index >= 15 is 0 Å². The van der Waals surface area contributed by atoms with Crippen LogP contribution in [0.3, 0.4) is 0 Å². The highest BCUT2D eigenvalue weighted by Crippen LogP contribution is 2.44. The van der Waals surface area contributed by atoms with Gasteiger partial charge >= 0.3 is 0 Å². The predicted octanol–water partition coefficient (Wildman–Crippen LogP) is 4.53. The van der Waals surface area contributed by atoms with Crippen molar-refractivity contribution in [2.75, 3.05) is 13.7 Å². The zero-order valence-electron chi connectivity index (χ0n) is 13.9. The van der Waals surface area contributed by atoms with Crippen molar-refractivity contribution in [3.63, 3.8) is 0 Å². The summed E-state index contributed by atoms with van der Waals surface area (Å²) >= 11 is 0. The van der Waals surface area contributed by atoms with Gasteiger partial charge in [-0.05, 0) is 63.2 Å². The Hall–Kier alpha value is -0.0800. The largest absolute Gasteiger partial charge is 0.382 e. The van der Waals surface area contributed by atoms with Crippen molar-refractivity contribution in [2.45, 2.75) is 90.2 Å². The van der Waals surface area contributed by atoms with Crippen LogP contribution in [0.25, 0.3) is 0 Å². The number of ether oxygens (including phenoxy) is 1. The lowest BCUT2D eigenvalue weighted by molar-refractivity contribution is 0.0350. The first kappa shape index (κ1) is 16.3. The summed E-state index contributed by atoms with van der Waals surface area (Å²) in [6.45, 7) is 5.78. The molecule has 2 rings (SSSR count). The molecule has 0 bridgehead atoms. The summed E-state index contributed by atoms with van der Waals surface area (Å²) in [6, 6.07) is 0.836. The normalized spacial score (nSPS) is 32.2. The number of methoxy groups -OCH3 is 1. The lowest BCUT2D eigenvalue weighted by Gasteiger charge is -2.42. The van der Waals surface area contributed by atoms with Crippen LogP contribution < -0.4 is 5.32 Å². The van der Waals surface area contributed by atoms with Crippen LogP contribution >= 0.6 is 0 Å². The van der Waals surface area contributed by atoms with E-state index in [0.717, 1.165) is 12.0 Å². The first-order valence-corrected chi connectivity index (χ1v) is 8.93. The fraction of sp³-hybridized carbons (Fsp3) is 1.00. The zero-order chi connectivity index (χ0) is 14.4. The fourth-order valence-corrected chi connectivity index (χ4v) is 3.87. The van der Waals surface area contributed by atoms with Crippen LogP contribution in [0.2, 0.25) is 0 Å². The molecule has 2 heteroatoms. The van der Waals surface area contributed by atoms with E-state index in [9.17, 15) is 0 Å². The molecule has 2 saturated carbocycles. The number of unbranched alkanes of at least 4 members (excludes halogenated alkanes) is 1. The molecule has 1 atom stereocenters. The van der Waals surface area contributed by atoms with Crippen molar-refractivity contribution < 1.29 is 4.74 Å². The Morgan fingerprint density at radius 1 is 1.20 bits per heavy atom. The third-order valence-electron chi connectivity index (χ3n) is 5.60. The Labute approximate surface area is 126 Å². The molecule has 0 amide bonds. The van der Waals surface area contributed by atoms with Gasteiger partial charge in [0.05, 0.1) is 6.10 Å². The molecule has 1 unspecified atom stereocenters. The Bertz CT molecular complexity index is 267. The van der Waals surface area contributed by atoms with Crippen molar-refractivity contribution in [1.29, 1.82) is 0 Å². The van der Waals surface area contributed by atoms with Crippen molar-refractivity contribution in [2.24, 2.45) is 11.3 Å². The highest BCUT2D eigenvalue weighted by Gasteiger charge is 2.37. The standard InChI is InChI=1S/C18H35NO/c1-4-5-6-16-9-11-18(12-10-16,13-15(2)20-3)14-19-17-7-8-17/h15-17,19H,4-14H2,1-3H3. The summed E-state index contributed by atoms with van der Waals surface area (Å²) in [5.41, 5.74) is 0.515. The van der Waals surface area contributed by atoms with Gasteiger partial charge in [-0.25, -0.2) is 0 Å². The van der Waals surface area contributed by atoms with Crippen molar-refractivity contribution in [1.82, 2.24) is 5.32 Å². The molecule has 0 radical (unpaired) electrons. The third-order valence-corrected chi connectivity index (χ3v) is 5.60. The van der Waals surface area contributed by atoms with E-state index in [4.69, 9.17) is 4.74 Å². The summed E-state index contributed by atoms with van der Waals surface area (Å²) in [6.07, 6.45) is 14.4. The van der Waals surface area contributed by atoms with Crippen LogP contribution in [0.15, 0.2) is 0 Å². The minimum absolute atomic E-state index is 0.406. The van der Waals surface area contributed by atoms with Gasteiger partial charge in [-0.1, -0.05) is 26.2 Å². The highest BCUT2D eigenvalue weighted by molar-refractivity contribution is 4.92. The molecule has 1 N–H and O–H groups in total. The Balaban J connectivity index is 1.83. The summed E-state index contributed by atoms with van der Waals surface area (Å²) in [4.78, 5) is 0. The van der Waals surface area contributed by atoms with E-state index in [1.54, 1.807) is 0 Å². The second kappa shape index (κ2) is 7.79. The summed E-state index contributed by atoms with van der Waals surface area (Å²) < 4.78 is 5.56. The average Bonchev–Trinajstić information content (AvgIpc) is 3.29. The molecule has 0 spiro atoms. The molecule has 2 fully saturated rings. The van der Waals surface area contributed by atoms with Crippen LogP contribution in [0.4, 0.5) is 0 Å². The van der Waals surface area contributed by atoms with E-state index in [2.05, 4.69) is 19.2 Å². The van der Waals surface area contributed by atoms with Gasteiger partial charge in [0.1, 0.15) is 0 Å². The maximum Gasteiger partial charge on any atom is 0.0549 e. The minimum Gasteiger partial charge on any atom is -0.382 e. The number of hydrogen-bond donors (Lipinski definition) is 1. The van der Waals surface area contributed by atoms with Gasteiger partial charge in [-0.15, -0.1) is 0 Å². The van der Waals surface area contributed by atoms with Crippen molar-refractivity contribution in [3.8, 4) is 0 Å². The summed E-state index contributed by atoms with van der Waals surface area (Å²) in [5, 5.41) is 3.80. The molecule has 2 aliphatic rings. The quantitative estimate of drug-likeness (QED) is 0.670. The molecule has 20 heavy (non-hydrogen) atoms. The van der Waals surface area contributed by atoms with E-state index < -0.39 is 0 Å². The lowest BCUT2D eigenvalue weighted by Crippen LogP contribution is -2.40. The zero-order valence-corrected chi connectivity index (χ0v) is 13.9. The van der Waals surface area contributed by atoms with Gasteiger partial charge in [0.15, 0.2) is 0 Å². The topological polar surface area (TPSA) is 21.3 Å². The number of hydrogen-bond acceptors (Lipinski definition) is 2. The van der Waals surface area contributed by atoms with E-state index in [1.807, 2.05) is 7.11 Å². The van der Waals surface area contributed by atoms with E-state index in [1.165, 1.54) is 70.8 Å². The van der Waals surface area contributed by atoms with Gasteiger partial charge < -0.3 is 10.1 Å². The molecular weight excluding hydrogens is 246 g/mol. The van der Waals surface area contributed by atoms with Crippen LogP contribution in [-0.2, 0) is 4.74 Å². The summed E-state index contributed by atoms with van der Waals surface area (Å²) in [7, 11) is 1.86. The predicted molar refractivity (Wildman–Crippen MR) is 86.0 cm³/mol. The third kappa shape index (κ3) is 5.04. The van der Waals surface area contributed by atoms with Crippen LogP contribution in [0, 0.1) is 11.3 Å². The monoisotopic (exact) mass is 281 g/mol. The van der Waals surface area contributed by atoms with Gasteiger partial charge in [-0.3, -0.25) is 0 Å². The second-order valence-electron chi connectivity index (χ2n) is 7.49. The number of nitrogens with one attached hydrogen (secondary N) is 1. The average molecular weight is 281 g/mol. The lowest BCUT2D eigenvalue weighted by atomic mass is 9.67. The molecule has 2 aliphatic carbocycles. The second-order valence-corrected chi connectivity index (χ2v) is 7.49. The smallest absolute Gasteiger partial charge is 0.0549 e. The fourth-order valence-electron chi connectivity index (χ4n) is 3.87. The molecule has 0 aromatic carbocycles. The molecule has 0 aromatic rings. The Morgan fingerprint density at radius 2 is 1.90 bits per heavy atom. The first-order chi connectivity index (χ1) is 9.67. The molecule has 0 heterocycles. The number of rotatable bonds is 9. The van der Waals surface area contributed by atoms with Gasteiger partial charge in [-0.2, -0.15) is 0 Å². The van der Waals surface area contributed by atoms with Crippen molar-refractivity contribution >= 4 is 0 Å². The SMILES string of the molecule is CCCCC1CCC(CNC2CC2)(CC(C)OC)CC1. The maximum absolute atomic E-state index is 5.56. The molecule has 2 nitrogen and oxygen atoms in total. The van der Waals surface area contributed by atoms with Crippen LogP contribution in [0.1, 0.15) is 78.1 Å². The Kier molecular flexibility index (Phi) is 6.35. The maximum atomic E-state index is 5.56.